The van der Waals surface area contributed by atoms with Crippen LogP contribution in [0.25, 0.3) is 0 Å². The van der Waals surface area contributed by atoms with Crippen molar-refractivity contribution < 1.29 is 23.7 Å². The van der Waals surface area contributed by atoms with Crippen LogP contribution >= 0.6 is 0 Å². The molecule has 0 N–H and O–H groups in total. The molecule has 6 heteroatoms. The fourth-order valence-corrected chi connectivity index (χ4v) is 2.27. The molecule has 1 heterocycles. The zero-order valence-electron chi connectivity index (χ0n) is 12.2. The minimum Gasteiger partial charge on any atom is -0.629 e. The van der Waals surface area contributed by atoms with Crippen molar-refractivity contribution in [3.05, 3.63) is 17.4 Å². The second-order valence-electron chi connectivity index (χ2n) is 5.99. The van der Waals surface area contributed by atoms with E-state index in [1.807, 2.05) is 14.1 Å². The van der Waals surface area contributed by atoms with Gasteiger partial charge >= 0.3 is 5.97 Å². The molecule has 0 aromatic carbocycles. The van der Waals surface area contributed by atoms with Gasteiger partial charge in [0.05, 0.1) is 27.2 Å². The van der Waals surface area contributed by atoms with E-state index in [2.05, 4.69) is 11.5 Å². The van der Waals surface area contributed by atoms with Crippen LogP contribution in [0.4, 0.5) is 0 Å². The molecule has 1 fully saturated rings. The number of hydrogen-bond donors (Lipinski definition) is 0. The Morgan fingerprint density at radius 1 is 1.37 bits per heavy atom. The van der Waals surface area contributed by atoms with Crippen molar-refractivity contribution >= 4 is 5.97 Å². The number of likely N-dealkylation sites (N-methyl/N-ethyl adjacent to an activating group) is 1. The molecule has 0 aromatic heterocycles. The summed E-state index contributed by atoms with van der Waals surface area (Å²) in [6.07, 6.45) is 2.02. The lowest BCUT2D eigenvalue weighted by molar-refractivity contribution is -1.06. The van der Waals surface area contributed by atoms with Crippen LogP contribution in [0.2, 0.25) is 0 Å². The van der Waals surface area contributed by atoms with Crippen molar-refractivity contribution in [1.82, 2.24) is 0 Å². The molecule has 0 amide bonds. The van der Waals surface area contributed by atoms with Crippen molar-refractivity contribution in [3.8, 4) is 0 Å². The molecule has 110 valence electrons. The maximum absolute atomic E-state index is 12.3. The van der Waals surface area contributed by atoms with E-state index in [0.29, 0.717) is 36.4 Å². The van der Waals surface area contributed by atoms with Crippen molar-refractivity contribution in [2.45, 2.75) is 19.8 Å². The van der Waals surface area contributed by atoms with Gasteiger partial charge in [0.15, 0.2) is 0 Å². The lowest BCUT2D eigenvalue weighted by Gasteiger charge is -2.43. The number of hydrogen-bond acceptors (Lipinski definition) is 4. The highest BCUT2D eigenvalue weighted by Gasteiger charge is 2.31. The third kappa shape index (κ3) is 5.69. The molecule has 1 aliphatic rings. The van der Waals surface area contributed by atoms with Crippen LogP contribution in [-0.2, 0) is 14.6 Å². The average molecular weight is 273 g/mol. The molecular weight excluding hydrogens is 248 g/mol. The van der Waals surface area contributed by atoms with Crippen molar-refractivity contribution in [3.63, 3.8) is 0 Å². The number of hydroxylamine groups is 3. The van der Waals surface area contributed by atoms with E-state index in [1.165, 1.54) is 0 Å². The summed E-state index contributed by atoms with van der Waals surface area (Å²) < 4.78 is 0.423. The molecule has 1 aliphatic heterocycles. The van der Waals surface area contributed by atoms with Gasteiger partial charge in [-0.15, -0.1) is 0 Å². The Hall–Kier alpha value is -0.950. The Kier molecular flexibility index (Phi) is 5.49. The quantitative estimate of drug-likeness (QED) is 0.174. The molecule has 0 saturated carbocycles. The summed E-state index contributed by atoms with van der Waals surface area (Å²) in [6, 6.07) is 0. The van der Waals surface area contributed by atoms with Crippen LogP contribution < -0.4 is 0 Å². The zero-order chi connectivity index (χ0) is 14.5. The first-order valence-electron chi connectivity index (χ1n) is 6.63. The van der Waals surface area contributed by atoms with E-state index in [0.717, 1.165) is 12.8 Å². The van der Waals surface area contributed by atoms with Gasteiger partial charge in [-0.25, -0.2) is 4.79 Å². The Morgan fingerprint density at radius 3 is 2.47 bits per heavy atom. The summed E-state index contributed by atoms with van der Waals surface area (Å²) >= 11 is 0. The number of carbonyl (C=O) groups excluding carboxylic acids is 1. The standard InChI is InChI=1S/C13H25N2O4/c1-12(2)13(16)19-18-10-9-14(3,4)11-15(17)7-5-6-8-15/h1,5-11H2,2-4H3/q+1. The number of carbonyl (C=O) groups is 1. The topological polar surface area (TPSA) is 58.6 Å². The Bertz CT molecular complexity index is 336. The van der Waals surface area contributed by atoms with Gasteiger partial charge in [-0.1, -0.05) is 6.58 Å². The van der Waals surface area contributed by atoms with Gasteiger partial charge in [-0.05, 0) is 6.92 Å². The number of likely N-dealkylation sites (tertiary alicyclic amines) is 1. The van der Waals surface area contributed by atoms with Crippen LogP contribution in [0.5, 0.6) is 0 Å². The number of quaternary nitrogens is 2. The fraction of sp³-hybridized carbons (Fsp3) is 0.769. The molecule has 0 aliphatic carbocycles. The van der Waals surface area contributed by atoms with Gasteiger partial charge in [-0.2, -0.15) is 4.89 Å². The first kappa shape index (κ1) is 16.1. The third-order valence-electron chi connectivity index (χ3n) is 3.28. The average Bonchev–Trinajstić information content (AvgIpc) is 2.69. The predicted octanol–water partition coefficient (Wildman–Crippen LogP) is 1.18. The highest BCUT2D eigenvalue weighted by atomic mass is 17.2. The monoisotopic (exact) mass is 273 g/mol. The van der Waals surface area contributed by atoms with Crippen LogP contribution in [0.15, 0.2) is 12.2 Å². The Balaban J connectivity index is 2.26. The zero-order valence-corrected chi connectivity index (χ0v) is 12.2. The highest BCUT2D eigenvalue weighted by Crippen LogP contribution is 2.19. The first-order chi connectivity index (χ1) is 8.74. The molecule has 0 aromatic rings. The van der Waals surface area contributed by atoms with Gasteiger partial charge in [0.25, 0.3) is 0 Å². The SMILES string of the molecule is C=C(C)C(=O)OOCC[N+](C)(C)C[N+]1([O-])CCCC1. The summed E-state index contributed by atoms with van der Waals surface area (Å²) in [5.74, 6) is -0.558. The number of nitrogens with zero attached hydrogens (tertiary/aromatic N) is 2. The maximum Gasteiger partial charge on any atom is 0.368 e. The normalized spacial score (nSPS) is 18.3. The van der Waals surface area contributed by atoms with Crippen LogP contribution in [0, 0.1) is 5.21 Å². The van der Waals surface area contributed by atoms with Crippen LogP contribution in [-0.4, -0.2) is 62.1 Å². The molecule has 1 saturated heterocycles. The van der Waals surface area contributed by atoms with Gasteiger partial charge in [0, 0.05) is 18.4 Å². The van der Waals surface area contributed by atoms with E-state index in [4.69, 9.17) is 4.89 Å². The van der Waals surface area contributed by atoms with Gasteiger partial charge < -0.3 is 9.85 Å². The van der Waals surface area contributed by atoms with Gasteiger partial charge in [-0.3, -0.25) is 9.37 Å². The molecule has 0 spiro atoms. The van der Waals surface area contributed by atoms with Gasteiger partial charge in [0.1, 0.15) is 13.2 Å². The molecule has 6 nitrogen and oxygen atoms in total. The largest absolute Gasteiger partial charge is 0.629 e. The minimum atomic E-state index is -0.558. The minimum absolute atomic E-state index is 0.126. The van der Waals surface area contributed by atoms with Crippen LogP contribution in [0.3, 0.4) is 0 Å². The summed E-state index contributed by atoms with van der Waals surface area (Å²) in [7, 11) is 3.97. The van der Waals surface area contributed by atoms with E-state index >= 15 is 0 Å². The molecule has 1 rings (SSSR count). The lowest BCUT2D eigenvalue weighted by Crippen LogP contribution is -2.56. The van der Waals surface area contributed by atoms with Crippen molar-refractivity contribution in [1.29, 1.82) is 0 Å². The van der Waals surface area contributed by atoms with E-state index in [9.17, 15) is 10.0 Å². The number of rotatable bonds is 7. The molecule has 0 unspecified atom stereocenters. The van der Waals surface area contributed by atoms with Crippen LogP contribution in [0.1, 0.15) is 19.8 Å². The maximum atomic E-state index is 12.3. The van der Waals surface area contributed by atoms with E-state index in [1.54, 1.807) is 6.92 Å². The molecular formula is C13H25N2O4+. The second-order valence-corrected chi connectivity index (χ2v) is 5.99. The van der Waals surface area contributed by atoms with E-state index in [-0.39, 0.29) is 11.3 Å². The smallest absolute Gasteiger partial charge is 0.368 e. The molecule has 0 bridgehead atoms. The third-order valence-corrected chi connectivity index (χ3v) is 3.28. The lowest BCUT2D eigenvalue weighted by atomic mass is 10.4. The summed E-state index contributed by atoms with van der Waals surface area (Å²) in [5, 5.41) is 12.3. The summed E-state index contributed by atoms with van der Waals surface area (Å²) in [5.41, 5.74) is 0.301. The van der Waals surface area contributed by atoms with Crippen molar-refractivity contribution in [2.24, 2.45) is 0 Å². The first-order valence-corrected chi connectivity index (χ1v) is 6.63. The van der Waals surface area contributed by atoms with Crippen molar-refractivity contribution in [2.75, 3.05) is 47.0 Å². The molecule has 0 radical (unpaired) electrons. The summed E-state index contributed by atoms with van der Waals surface area (Å²) in [6.45, 7) is 7.83. The summed E-state index contributed by atoms with van der Waals surface area (Å²) in [4.78, 5) is 20.5. The molecule has 0 atom stereocenters. The molecule has 19 heavy (non-hydrogen) atoms. The second kappa shape index (κ2) is 6.47. The Labute approximate surface area is 114 Å². The van der Waals surface area contributed by atoms with E-state index < -0.39 is 5.97 Å². The highest BCUT2D eigenvalue weighted by molar-refractivity contribution is 5.86. The predicted molar refractivity (Wildman–Crippen MR) is 71.3 cm³/mol. The fourth-order valence-electron chi connectivity index (χ4n) is 2.27. The van der Waals surface area contributed by atoms with Gasteiger partial charge in [0.2, 0.25) is 6.67 Å². The Morgan fingerprint density at radius 2 is 1.95 bits per heavy atom.